The second-order valence-corrected chi connectivity index (χ2v) is 8.40. The van der Waals surface area contributed by atoms with Crippen molar-refractivity contribution in [2.45, 2.75) is 52.5 Å². The number of benzene rings is 2. The summed E-state index contributed by atoms with van der Waals surface area (Å²) in [6.45, 7) is 5.10. The standard InChI is InChI=1S/C25H26N4O2/c1-16-12-21-19(15-31-22(21)13-17(16)2)14-24(30)26-20-9-7-18(8-10-20)25-28-27-23-6-4-3-5-11-29(23)25/h7-10,12-13,15H,3-6,11,14H2,1-2H3,(H,26,30). The van der Waals surface area contributed by atoms with Gasteiger partial charge in [0.1, 0.15) is 11.4 Å². The third kappa shape index (κ3) is 3.85. The molecule has 6 nitrogen and oxygen atoms in total. The van der Waals surface area contributed by atoms with Crippen LogP contribution >= 0.6 is 0 Å². The Morgan fingerprint density at radius 2 is 1.87 bits per heavy atom. The molecule has 0 fully saturated rings. The lowest BCUT2D eigenvalue weighted by Crippen LogP contribution is -2.14. The summed E-state index contributed by atoms with van der Waals surface area (Å²) in [5.41, 5.74) is 5.88. The number of aromatic nitrogens is 3. The highest BCUT2D eigenvalue weighted by atomic mass is 16.3. The molecule has 5 rings (SSSR count). The molecule has 3 heterocycles. The summed E-state index contributed by atoms with van der Waals surface area (Å²) in [5.74, 6) is 1.91. The highest BCUT2D eigenvalue weighted by Crippen LogP contribution is 2.26. The van der Waals surface area contributed by atoms with Crippen LogP contribution in [-0.2, 0) is 24.2 Å². The van der Waals surface area contributed by atoms with Crippen molar-refractivity contribution in [2.24, 2.45) is 0 Å². The van der Waals surface area contributed by atoms with Crippen LogP contribution in [0.15, 0.2) is 47.1 Å². The van der Waals surface area contributed by atoms with Gasteiger partial charge in [0.05, 0.1) is 12.7 Å². The molecule has 2 aromatic heterocycles. The smallest absolute Gasteiger partial charge is 0.228 e. The quantitative estimate of drug-likeness (QED) is 0.497. The van der Waals surface area contributed by atoms with Gasteiger partial charge in [-0.15, -0.1) is 10.2 Å². The minimum atomic E-state index is -0.0648. The molecule has 6 heteroatoms. The normalized spacial score (nSPS) is 13.7. The number of fused-ring (bicyclic) bond motifs is 2. The molecule has 0 radical (unpaired) electrons. The average molecular weight is 415 g/mol. The Balaban J connectivity index is 1.30. The molecule has 0 spiro atoms. The van der Waals surface area contributed by atoms with Crippen molar-refractivity contribution in [3.8, 4) is 11.4 Å². The number of furan rings is 1. The van der Waals surface area contributed by atoms with Gasteiger partial charge in [0.2, 0.25) is 5.91 Å². The zero-order valence-corrected chi connectivity index (χ0v) is 17.9. The molecule has 2 aromatic carbocycles. The van der Waals surface area contributed by atoms with Gasteiger partial charge in [-0.25, -0.2) is 0 Å². The van der Waals surface area contributed by atoms with Crippen molar-refractivity contribution in [1.29, 1.82) is 0 Å². The van der Waals surface area contributed by atoms with Gasteiger partial charge in [-0.05, 0) is 74.2 Å². The second-order valence-electron chi connectivity index (χ2n) is 8.40. The summed E-state index contributed by atoms with van der Waals surface area (Å²) in [4.78, 5) is 12.6. The zero-order valence-electron chi connectivity index (χ0n) is 17.9. The Labute approximate surface area is 181 Å². The predicted molar refractivity (Wildman–Crippen MR) is 121 cm³/mol. The van der Waals surface area contributed by atoms with Gasteiger partial charge in [-0.1, -0.05) is 6.42 Å². The molecule has 0 bridgehead atoms. The molecular formula is C25H26N4O2. The number of nitrogens with zero attached hydrogens (tertiary/aromatic N) is 3. The van der Waals surface area contributed by atoms with Gasteiger partial charge >= 0.3 is 0 Å². The van der Waals surface area contributed by atoms with E-state index in [1.54, 1.807) is 6.26 Å². The van der Waals surface area contributed by atoms with E-state index in [-0.39, 0.29) is 12.3 Å². The van der Waals surface area contributed by atoms with E-state index in [9.17, 15) is 4.79 Å². The van der Waals surface area contributed by atoms with Crippen molar-refractivity contribution in [1.82, 2.24) is 14.8 Å². The second kappa shape index (κ2) is 8.02. The first-order chi connectivity index (χ1) is 15.1. The maximum absolute atomic E-state index is 12.6. The number of aryl methyl sites for hydroxylation is 3. The molecule has 0 atom stereocenters. The van der Waals surface area contributed by atoms with Crippen LogP contribution in [0.1, 0.15) is 41.8 Å². The first kappa shape index (κ1) is 19.5. The van der Waals surface area contributed by atoms with Crippen LogP contribution in [0.4, 0.5) is 5.69 Å². The fraction of sp³-hybridized carbons (Fsp3) is 0.320. The molecule has 31 heavy (non-hydrogen) atoms. The Morgan fingerprint density at radius 1 is 1.06 bits per heavy atom. The molecule has 158 valence electrons. The van der Waals surface area contributed by atoms with Crippen LogP contribution in [-0.4, -0.2) is 20.7 Å². The molecule has 0 saturated carbocycles. The Bertz CT molecular complexity index is 1250. The van der Waals surface area contributed by atoms with Gasteiger partial charge in [0, 0.05) is 35.2 Å². The minimum Gasteiger partial charge on any atom is -0.464 e. The number of carbonyl (C=O) groups excluding carboxylic acids is 1. The lowest BCUT2D eigenvalue weighted by atomic mass is 10.0. The molecular weight excluding hydrogens is 388 g/mol. The van der Waals surface area contributed by atoms with Crippen molar-refractivity contribution >= 4 is 22.6 Å². The molecule has 0 saturated heterocycles. The van der Waals surface area contributed by atoms with Gasteiger partial charge in [0.15, 0.2) is 5.82 Å². The van der Waals surface area contributed by atoms with Crippen LogP contribution < -0.4 is 5.32 Å². The number of rotatable bonds is 4. The van der Waals surface area contributed by atoms with Crippen LogP contribution in [0.25, 0.3) is 22.4 Å². The van der Waals surface area contributed by atoms with Crippen molar-refractivity contribution < 1.29 is 9.21 Å². The molecule has 0 aliphatic carbocycles. The summed E-state index contributed by atoms with van der Waals surface area (Å²) in [5, 5.41) is 12.8. The van der Waals surface area contributed by atoms with E-state index < -0.39 is 0 Å². The van der Waals surface area contributed by atoms with Crippen molar-refractivity contribution in [2.75, 3.05) is 5.32 Å². The number of hydrogen-bond acceptors (Lipinski definition) is 4. The fourth-order valence-corrected chi connectivity index (χ4v) is 4.25. The Kier molecular flexibility index (Phi) is 5.06. The van der Waals surface area contributed by atoms with Gasteiger partial charge in [-0.3, -0.25) is 4.79 Å². The van der Waals surface area contributed by atoms with Crippen LogP contribution in [0, 0.1) is 13.8 Å². The minimum absolute atomic E-state index is 0.0648. The third-order valence-corrected chi connectivity index (χ3v) is 6.16. The zero-order chi connectivity index (χ0) is 21.4. The molecule has 1 aliphatic rings. The fourth-order valence-electron chi connectivity index (χ4n) is 4.25. The number of amides is 1. The largest absolute Gasteiger partial charge is 0.464 e. The molecule has 1 N–H and O–H groups in total. The van der Waals surface area contributed by atoms with E-state index in [1.165, 1.54) is 24.0 Å². The highest BCUT2D eigenvalue weighted by molar-refractivity contribution is 5.95. The molecule has 4 aromatic rings. The number of anilines is 1. The first-order valence-corrected chi connectivity index (χ1v) is 10.9. The van der Waals surface area contributed by atoms with E-state index in [2.05, 4.69) is 40.0 Å². The van der Waals surface area contributed by atoms with Crippen molar-refractivity contribution in [3.05, 3.63) is 65.2 Å². The lowest BCUT2D eigenvalue weighted by molar-refractivity contribution is -0.115. The monoisotopic (exact) mass is 414 g/mol. The summed E-state index contributed by atoms with van der Waals surface area (Å²) in [6, 6.07) is 12.0. The van der Waals surface area contributed by atoms with E-state index in [4.69, 9.17) is 4.42 Å². The summed E-state index contributed by atoms with van der Waals surface area (Å²) < 4.78 is 7.88. The molecule has 0 unspecified atom stereocenters. The average Bonchev–Trinajstić information content (AvgIpc) is 3.24. The topological polar surface area (TPSA) is 73.0 Å². The third-order valence-electron chi connectivity index (χ3n) is 6.16. The van der Waals surface area contributed by atoms with Crippen molar-refractivity contribution in [3.63, 3.8) is 0 Å². The highest BCUT2D eigenvalue weighted by Gasteiger charge is 2.16. The van der Waals surface area contributed by atoms with Crippen LogP contribution in [0.2, 0.25) is 0 Å². The summed E-state index contributed by atoms with van der Waals surface area (Å²) in [6.07, 6.45) is 6.52. The molecule has 1 aliphatic heterocycles. The Morgan fingerprint density at radius 3 is 2.71 bits per heavy atom. The number of carbonyl (C=O) groups is 1. The summed E-state index contributed by atoms with van der Waals surface area (Å²) >= 11 is 0. The maximum Gasteiger partial charge on any atom is 0.228 e. The lowest BCUT2D eigenvalue weighted by Gasteiger charge is -2.09. The van der Waals surface area contributed by atoms with Gasteiger partial charge in [0.25, 0.3) is 0 Å². The maximum atomic E-state index is 12.6. The summed E-state index contributed by atoms with van der Waals surface area (Å²) in [7, 11) is 0. The van der Waals surface area contributed by atoms with Gasteiger partial charge in [-0.2, -0.15) is 0 Å². The van der Waals surface area contributed by atoms with E-state index in [0.29, 0.717) is 0 Å². The Hall–Kier alpha value is -3.41. The first-order valence-electron chi connectivity index (χ1n) is 10.9. The van der Waals surface area contributed by atoms with E-state index >= 15 is 0 Å². The van der Waals surface area contributed by atoms with Crippen LogP contribution in [0.5, 0.6) is 0 Å². The predicted octanol–water partition coefficient (Wildman–Crippen LogP) is 5.22. The van der Waals surface area contributed by atoms with E-state index in [1.807, 2.05) is 30.3 Å². The number of nitrogens with one attached hydrogen (secondary N) is 1. The number of hydrogen-bond donors (Lipinski definition) is 1. The molecule has 1 amide bonds. The van der Waals surface area contributed by atoms with Crippen LogP contribution in [0.3, 0.4) is 0 Å². The SMILES string of the molecule is Cc1cc2occ(CC(=O)Nc3ccc(-c4nnc5n4CCCCC5)cc3)c2cc1C. The van der Waals surface area contributed by atoms with E-state index in [0.717, 1.165) is 58.8 Å². The van der Waals surface area contributed by atoms with Gasteiger partial charge < -0.3 is 14.3 Å².